The van der Waals surface area contributed by atoms with Crippen LogP contribution in [0.25, 0.3) is 0 Å². The average molecular weight is 240 g/mol. The number of benzene rings is 1. The Morgan fingerprint density at radius 2 is 1.17 bits per heavy atom. The van der Waals surface area contributed by atoms with Gasteiger partial charge in [-0.3, -0.25) is 0 Å². The van der Waals surface area contributed by atoms with E-state index in [0.29, 0.717) is 23.7 Å². The molecule has 2 nitrogen and oxygen atoms in total. The maximum Gasteiger partial charge on any atom is 0.123 e. The summed E-state index contributed by atoms with van der Waals surface area (Å²) in [6.07, 6.45) is 9.38. The fourth-order valence-electron chi connectivity index (χ4n) is 3.80. The van der Waals surface area contributed by atoms with E-state index in [-0.39, 0.29) is 0 Å². The van der Waals surface area contributed by atoms with Gasteiger partial charge in [-0.05, 0) is 24.0 Å². The van der Waals surface area contributed by atoms with Gasteiger partial charge in [-0.1, -0.05) is 24.3 Å². The molecule has 1 aromatic rings. The molecule has 4 atom stereocenters. The fraction of sp³-hybridized carbons (Fsp3) is 0.375. The molecule has 0 radical (unpaired) electrons. The van der Waals surface area contributed by atoms with Crippen LogP contribution in [0.4, 0.5) is 0 Å². The van der Waals surface area contributed by atoms with Crippen LogP contribution in [0.5, 0.6) is 11.5 Å². The van der Waals surface area contributed by atoms with E-state index in [0.717, 1.165) is 11.5 Å². The first-order valence-corrected chi connectivity index (χ1v) is 6.46. The lowest BCUT2D eigenvalue weighted by Crippen LogP contribution is -2.38. The molecule has 1 aromatic carbocycles. The van der Waals surface area contributed by atoms with Crippen LogP contribution in [0.1, 0.15) is 23.0 Å². The maximum absolute atomic E-state index is 5.56. The van der Waals surface area contributed by atoms with Crippen LogP contribution in [0.15, 0.2) is 36.4 Å². The second-order valence-corrected chi connectivity index (χ2v) is 5.27. The van der Waals surface area contributed by atoms with Crippen molar-refractivity contribution >= 4 is 0 Å². The van der Waals surface area contributed by atoms with Crippen molar-refractivity contribution in [2.75, 3.05) is 14.2 Å². The van der Waals surface area contributed by atoms with Gasteiger partial charge in [0.2, 0.25) is 0 Å². The Kier molecular flexibility index (Phi) is 1.94. The molecule has 0 aromatic heterocycles. The zero-order valence-electron chi connectivity index (χ0n) is 10.6. The molecule has 5 rings (SSSR count). The summed E-state index contributed by atoms with van der Waals surface area (Å²) in [7, 11) is 3.50. The summed E-state index contributed by atoms with van der Waals surface area (Å²) < 4.78 is 11.1. The maximum atomic E-state index is 5.56. The summed E-state index contributed by atoms with van der Waals surface area (Å²) in [6, 6.07) is 4.06. The number of ether oxygens (including phenoxy) is 2. The molecule has 92 valence electrons. The van der Waals surface area contributed by atoms with E-state index < -0.39 is 0 Å². The van der Waals surface area contributed by atoms with Crippen LogP contribution in [0.2, 0.25) is 0 Å². The third-order valence-corrected chi connectivity index (χ3v) is 4.67. The second kappa shape index (κ2) is 3.41. The first-order valence-electron chi connectivity index (χ1n) is 6.46. The number of methoxy groups -OCH3 is 2. The van der Waals surface area contributed by atoms with E-state index >= 15 is 0 Å². The minimum Gasteiger partial charge on any atom is -0.496 e. The Morgan fingerprint density at radius 3 is 1.50 bits per heavy atom. The average Bonchev–Trinajstić information content (AvgIpc) is 2.37. The molecule has 4 unspecified atom stereocenters. The molecular formula is C16H16O2. The van der Waals surface area contributed by atoms with Crippen LogP contribution >= 0.6 is 0 Å². The van der Waals surface area contributed by atoms with Crippen molar-refractivity contribution in [1.82, 2.24) is 0 Å². The second-order valence-electron chi connectivity index (χ2n) is 5.27. The zero-order chi connectivity index (χ0) is 12.3. The number of allylic oxidation sites excluding steroid dienone is 4. The van der Waals surface area contributed by atoms with Crippen molar-refractivity contribution in [1.29, 1.82) is 0 Å². The van der Waals surface area contributed by atoms with Gasteiger partial charge >= 0.3 is 0 Å². The van der Waals surface area contributed by atoms with Crippen molar-refractivity contribution < 1.29 is 9.47 Å². The molecule has 0 fully saturated rings. The first kappa shape index (κ1) is 10.2. The third-order valence-electron chi connectivity index (χ3n) is 4.67. The number of rotatable bonds is 2. The summed E-state index contributed by atoms with van der Waals surface area (Å²) in [5.74, 6) is 4.25. The van der Waals surface area contributed by atoms with Gasteiger partial charge in [0, 0.05) is 23.0 Å². The molecule has 0 N–H and O–H groups in total. The van der Waals surface area contributed by atoms with E-state index in [4.69, 9.17) is 9.47 Å². The van der Waals surface area contributed by atoms with Gasteiger partial charge in [-0.15, -0.1) is 0 Å². The number of hydrogen-bond donors (Lipinski definition) is 0. The van der Waals surface area contributed by atoms with Crippen molar-refractivity contribution in [3.8, 4) is 11.5 Å². The smallest absolute Gasteiger partial charge is 0.123 e. The molecule has 4 aliphatic rings. The highest BCUT2D eigenvalue weighted by molar-refractivity contribution is 5.61. The SMILES string of the molecule is COc1ccc(OC)c2c1C1C=CC2C2C=CC12. The monoisotopic (exact) mass is 240 g/mol. The predicted molar refractivity (Wildman–Crippen MR) is 70.3 cm³/mol. The highest BCUT2D eigenvalue weighted by Gasteiger charge is 2.47. The van der Waals surface area contributed by atoms with Gasteiger partial charge in [-0.2, -0.15) is 0 Å². The van der Waals surface area contributed by atoms with Gasteiger partial charge in [0.1, 0.15) is 11.5 Å². The van der Waals surface area contributed by atoms with Gasteiger partial charge < -0.3 is 9.47 Å². The lowest BCUT2D eigenvalue weighted by Gasteiger charge is -2.49. The largest absolute Gasteiger partial charge is 0.496 e. The van der Waals surface area contributed by atoms with E-state index in [9.17, 15) is 0 Å². The summed E-state index contributed by atoms with van der Waals surface area (Å²) in [4.78, 5) is 0. The molecule has 0 saturated heterocycles. The Morgan fingerprint density at radius 1 is 0.722 bits per heavy atom. The van der Waals surface area contributed by atoms with Crippen molar-refractivity contribution in [3.05, 3.63) is 47.6 Å². The molecule has 2 bridgehead atoms. The molecule has 2 heteroatoms. The standard InChI is InChI=1S/C16H16O2/c1-17-13-7-8-14(18-2)16-12-6-5-11(15(13)16)9-3-4-10(9)12/h3-12H,1-2H3. The van der Waals surface area contributed by atoms with Crippen LogP contribution in [-0.4, -0.2) is 14.2 Å². The normalized spacial score (nSPS) is 33.7. The summed E-state index contributed by atoms with van der Waals surface area (Å²) in [5, 5.41) is 0. The van der Waals surface area contributed by atoms with Gasteiger partial charge in [-0.25, -0.2) is 0 Å². The minimum atomic E-state index is 0.463. The van der Waals surface area contributed by atoms with E-state index in [1.165, 1.54) is 11.1 Å². The van der Waals surface area contributed by atoms with Gasteiger partial charge in [0.25, 0.3) is 0 Å². The summed E-state index contributed by atoms with van der Waals surface area (Å²) >= 11 is 0. The van der Waals surface area contributed by atoms with Crippen molar-refractivity contribution in [3.63, 3.8) is 0 Å². The molecule has 18 heavy (non-hydrogen) atoms. The van der Waals surface area contributed by atoms with Crippen LogP contribution in [0.3, 0.4) is 0 Å². The highest BCUT2D eigenvalue weighted by Crippen LogP contribution is 2.60. The van der Waals surface area contributed by atoms with Crippen molar-refractivity contribution in [2.24, 2.45) is 11.8 Å². The molecule has 0 amide bonds. The van der Waals surface area contributed by atoms with E-state index in [2.05, 4.69) is 24.3 Å². The topological polar surface area (TPSA) is 18.5 Å². The molecule has 0 saturated carbocycles. The Balaban J connectivity index is 1.99. The summed E-state index contributed by atoms with van der Waals surface area (Å²) in [5.41, 5.74) is 2.69. The molecule has 0 aliphatic heterocycles. The molecule has 0 heterocycles. The Bertz CT molecular complexity index is 522. The van der Waals surface area contributed by atoms with Crippen molar-refractivity contribution in [2.45, 2.75) is 11.8 Å². The van der Waals surface area contributed by atoms with Crippen LogP contribution in [0, 0.1) is 11.8 Å². The van der Waals surface area contributed by atoms with Crippen LogP contribution < -0.4 is 9.47 Å². The van der Waals surface area contributed by atoms with Crippen LogP contribution in [-0.2, 0) is 0 Å². The number of hydrogen-bond acceptors (Lipinski definition) is 2. The molecule has 0 spiro atoms. The predicted octanol–water partition coefficient (Wildman–Crippen LogP) is 3.26. The summed E-state index contributed by atoms with van der Waals surface area (Å²) in [6.45, 7) is 0. The van der Waals surface area contributed by atoms with E-state index in [1.807, 2.05) is 12.1 Å². The Hall–Kier alpha value is -1.70. The first-order chi connectivity index (χ1) is 8.85. The van der Waals surface area contributed by atoms with E-state index in [1.54, 1.807) is 14.2 Å². The zero-order valence-corrected chi connectivity index (χ0v) is 10.6. The molecular weight excluding hydrogens is 224 g/mol. The Labute approximate surface area is 107 Å². The van der Waals surface area contributed by atoms with Gasteiger partial charge in [0.05, 0.1) is 14.2 Å². The lowest BCUT2D eigenvalue weighted by atomic mass is 9.55. The minimum absolute atomic E-state index is 0.463. The third kappa shape index (κ3) is 1.04. The molecule has 4 aliphatic carbocycles. The lowest BCUT2D eigenvalue weighted by molar-refractivity contribution is 0.294. The highest BCUT2D eigenvalue weighted by atomic mass is 16.5. The quantitative estimate of drug-likeness (QED) is 0.739. The van der Waals surface area contributed by atoms with Gasteiger partial charge in [0.15, 0.2) is 0 Å². The fourth-order valence-corrected chi connectivity index (χ4v) is 3.80.